The molecular weight excluding hydrogens is 302 g/mol. The highest BCUT2D eigenvalue weighted by Crippen LogP contribution is 2.58. The number of methoxy groups -OCH3 is 2. The van der Waals surface area contributed by atoms with E-state index < -0.39 is 5.54 Å². The van der Waals surface area contributed by atoms with Gasteiger partial charge in [-0.25, -0.2) is 4.79 Å². The highest BCUT2D eigenvalue weighted by molar-refractivity contribution is 9.10. The van der Waals surface area contributed by atoms with Gasteiger partial charge in [-0.05, 0) is 18.9 Å². The minimum absolute atomic E-state index is 0.0553. The van der Waals surface area contributed by atoms with Crippen molar-refractivity contribution in [2.45, 2.75) is 18.4 Å². The molecule has 0 amide bonds. The van der Waals surface area contributed by atoms with Gasteiger partial charge in [-0.2, -0.15) is 4.99 Å². The molecule has 96 valence electrons. The Morgan fingerprint density at radius 3 is 2.56 bits per heavy atom. The quantitative estimate of drug-likeness (QED) is 0.685. The van der Waals surface area contributed by atoms with Gasteiger partial charge < -0.3 is 14.6 Å². The second kappa shape index (κ2) is 4.63. The number of phenolic OH excluding ortho intramolecular Hbond substituents is 1. The number of nitrogens with zero attached hydrogens (tertiary/aromatic N) is 1. The van der Waals surface area contributed by atoms with Gasteiger partial charge >= 0.3 is 0 Å². The third-order valence-corrected chi connectivity index (χ3v) is 3.67. The molecule has 1 aliphatic carbocycles. The summed E-state index contributed by atoms with van der Waals surface area (Å²) in [5, 5.41) is 10.3. The van der Waals surface area contributed by atoms with Crippen molar-refractivity contribution in [1.82, 2.24) is 0 Å². The zero-order chi connectivity index (χ0) is 13.3. The summed E-state index contributed by atoms with van der Waals surface area (Å²) >= 11 is 3.36. The fourth-order valence-corrected chi connectivity index (χ4v) is 2.78. The van der Waals surface area contributed by atoms with Crippen molar-refractivity contribution >= 4 is 22.0 Å². The lowest BCUT2D eigenvalue weighted by atomic mass is 10.0. The molecular formula is C12H12BrNO4. The van der Waals surface area contributed by atoms with E-state index in [4.69, 9.17) is 9.47 Å². The van der Waals surface area contributed by atoms with Crippen molar-refractivity contribution < 1.29 is 19.4 Å². The van der Waals surface area contributed by atoms with Crippen molar-refractivity contribution in [2.24, 2.45) is 4.99 Å². The van der Waals surface area contributed by atoms with Gasteiger partial charge in [0.05, 0.1) is 14.2 Å². The number of aliphatic imine (C=N–C) groups is 1. The van der Waals surface area contributed by atoms with Crippen LogP contribution in [0.15, 0.2) is 15.5 Å². The first-order chi connectivity index (χ1) is 8.59. The van der Waals surface area contributed by atoms with Crippen LogP contribution >= 0.6 is 15.9 Å². The summed E-state index contributed by atoms with van der Waals surface area (Å²) in [4.78, 5) is 14.3. The van der Waals surface area contributed by atoms with E-state index in [2.05, 4.69) is 20.9 Å². The van der Waals surface area contributed by atoms with Crippen molar-refractivity contribution in [3.05, 3.63) is 16.1 Å². The highest BCUT2D eigenvalue weighted by Gasteiger charge is 2.49. The van der Waals surface area contributed by atoms with Crippen molar-refractivity contribution in [3.8, 4) is 17.2 Å². The Kier molecular flexibility index (Phi) is 3.32. The van der Waals surface area contributed by atoms with Gasteiger partial charge in [0, 0.05) is 10.0 Å². The number of carbonyl (C=O) groups excluding carboxylic acids is 1. The van der Waals surface area contributed by atoms with Gasteiger partial charge in [0.25, 0.3) is 0 Å². The van der Waals surface area contributed by atoms with E-state index >= 15 is 0 Å². The van der Waals surface area contributed by atoms with Crippen LogP contribution < -0.4 is 9.47 Å². The number of rotatable bonds is 4. The van der Waals surface area contributed by atoms with Gasteiger partial charge in [-0.15, -0.1) is 0 Å². The summed E-state index contributed by atoms with van der Waals surface area (Å²) in [5.74, 6) is 0.597. The van der Waals surface area contributed by atoms with Gasteiger partial charge in [0.1, 0.15) is 5.54 Å². The van der Waals surface area contributed by atoms with Gasteiger partial charge in [-0.3, -0.25) is 0 Å². The first kappa shape index (κ1) is 12.9. The average Bonchev–Trinajstić information content (AvgIpc) is 3.09. The van der Waals surface area contributed by atoms with Gasteiger partial charge in [-0.1, -0.05) is 15.9 Å². The Hall–Kier alpha value is -1.52. The Morgan fingerprint density at radius 2 is 2.11 bits per heavy atom. The molecule has 0 aromatic heterocycles. The molecule has 0 spiro atoms. The van der Waals surface area contributed by atoms with E-state index in [9.17, 15) is 9.90 Å². The maximum absolute atomic E-state index is 10.5. The van der Waals surface area contributed by atoms with Crippen LogP contribution in [0.3, 0.4) is 0 Å². The summed E-state index contributed by atoms with van der Waals surface area (Å²) in [6.07, 6.45) is 2.96. The van der Waals surface area contributed by atoms with E-state index in [-0.39, 0.29) is 11.5 Å². The lowest BCUT2D eigenvalue weighted by Crippen LogP contribution is -2.06. The lowest BCUT2D eigenvalue weighted by Gasteiger charge is -2.17. The molecule has 0 heterocycles. The molecule has 0 aliphatic heterocycles. The molecule has 18 heavy (non-hydrogen) atoms. The van der Waals surface area contributed by atoms with E-state index in [1.54, 1.807) is 12.1 Å². The number of isocyanates is 1. The lowest BCUT2D eigenvalue weighted by molar-refractivity contribution is 0.329. The molecule has 0 atom stereocenters. The van der Waals surface area contributed by atoms with Gasteiger partial charge in [0.2, 0.25) is 11.8 Å². The Balaban J connectivity index is 2.65. The molecule has 0 unspecified atom stereocenters. The minimum atomic E-state index is -0.676. The maximum Gasteiger partial charge on any atom is 0.235 e. The van der Waals surface area contributed by atoms with Crippen LogP contribution in [-0.2, 0) is 10.3 Å². The van der Waals surface area contributed by atoms with Crippen molar-refractivity contribution in [2.75, 3.05) is 14.2 Å². The molecule has 1 aromatic carbocycles. The summed E-state index contributed by atoms with van der Waals surface area (Å²) in [5.41, 5.74) is -0.131. The third kappa shape index (κ3) is 1.87. The number of benzene rings is 1. The second-order valence-corrected chi connectivity index (χ2v) is 4.91. The number of ether oxygens (including phenoxy) is 2. The van der Waals surface area contributed by atoms with Crippen LogP contribution in [0.2, 0.25) is 0 Å². The fourth-order valence-electron chi connectivity index (χ4n) is 2.01. The van der Waals surface area contributed by atoms with Crippen LogP contribution in [0.25, 0.3) is 0 Å². The summed E-state index contributed by atoms with van der Waals surface area (Å²) in [7, 11) is 2.93. The van der Waals surface area contributed by atoms with E-state index in [1.165, 1.54) is 14.2 Å². The predicted octanol–water partition coefficient (Wildman–Crippen LogP) is 2.50. The zero-order valence-corrected chi connectivity index (χ0v) is 11.6. The summed E-state index contributed by atoms with van der Waals surface area (Å²) in [6.45, 7) is 0. The standard InChI is InChI=1S/C12H12BrNO4/c1-17-8-5-7(13)9(10(16)11(8)18-2)12(3-4-12)14-6-15/h5,16H,3-4H2,1-2H3. The molecule has 1 aromatic rings. The molecule has 6 heteroatoms. The Labute approximate surface area is 113 Å². The second-order valence-electron chi connectivity index (χ2n) is 4.05. The zero-order valence-electron chi connectivity index (χ0n) is 9.99. The minimum Gasteiger partial charge on any atom is -0.504 e. The van der Waals surface area contributed by atoms with Gasteiger partial charge in [0.15, 0.2) is 11.5 Å². The number of halogens is 1. The third-order valence-electron chi connectivity index (χ3n) is 3.04. The largest absolute Gasteiger partial charge is 0.504 e. The molecule has 2 rings (SSSR count). The molecule has 0 saturated heterocycles. The number of phenols is 1. The first-order valence-electron chi connectivity index (χ1n) is 5.32. The van der Waals surface area contributed by atoms with E-state index in [0.717, 1.165) is 0 Å². The molecule has 1 N–H and O–H groups in total. The Bertz CT molecular complexity index is 533. The number of hydrogen-bond acceptors (Lipinski definition) is 5. The topological polar surface area (TPSA) is 68.1 Å². The van der Waals surface area contributed by atoms with Crippen LogP contribution in [0.1, 0.15) is 18.4 Å². The Morgan fingerprint density at radius 1 is 1.44 bits per heavy atom. The normalized spacial score (nSPS) is 15.7. The predicted molar refractivity (Wildman–Crippen MR) is 67.9 cm³/mol. The fraction of sp³-hybridized carbons (Fsp3) is 0.417. The SMILES string of the molecule is COc1cc(Br)c(C2(N=C=O)CC2)c(O)c1OC. The monoisotopic (exact) mass is 313 g/mol. The molecule has 1 aliphatic rings. The highest BCUT2D eigenvalue weighted by atomic mass is 79.9. The smallest absolute Gasteiger partial charge is 0.235 e. The summed E-state index contributed by atoms with van der Waals surface area (Å²) in [6, 6.07) is 1.69. The first-order valence-corrected chi connectivity index (χ1v) is 6.12. The van der Waals surface area contributed by atoms with Crippen LogP contribution in [0.4, 0.5) is 0 Å². The van der Waals surface area contributed by atoms with E-state index in [1.807, 2.05) is 0 Å². The summed E-state index contributed by atoms with van der Waals surface area (Å²) < 4.78 is 10.9. The van der Waals surface area contributed by atoms with Crippen LogP contribution in [0, 0.1) is 0 Å². The average molecular weight is 314 g/mol. The van der Waals surface area contributed by atoms with Crippen LogP contribution in [-0.4, -0.2) is 25.4 Å². The number of hydrogen-bond donors (Lipinski definition) is 1. The molecule has 5 nitrogen and oxygen atoms in total. The van der Waals surface area contributed by atoms with Crippen molar-refractivity contribution in [1.29, 1.82) is 0 Å². The molecule has 0 bridgehead atoms. The molecule has 1 saturated carbocycles. The van der Waals surface area contributed by atoms with E-state index in [0.29, 0.717) is 28.6 Å². The van der Waals surface area contributed by atoms with Crippen LogP contribution in [0.5, 0.6) is 17.2 Å². The molecule has 0 radical (unpaired) electrons. The van der Waals surface area contributed by atoms with Crippen molar-refractivity contribution in [3.63, 3.8) is 0 Å². The molecule has 1 fully saturated rings. The number of aromatic hydroxyl groups is 1. The maximum atomic E-state index is 10.5.